The minimum absolute atomic E-state index is 0. The molecule has 0 saturated heterocycles. The highest BCUT2D eigenvalue weighted by Gasteiger charge is 2.06. The first-order valence-corrected chi connectivity index (χ1v) is 5.17. The molecule has 0 radical (unpaired) electrons. The number of hydrogen-bond acceptors (Lipinski definition) is 3. The first-order valence-electron chi connectivity index (χ1n) is 5.17. The first kappa shape index (κ1) is 13.6. The van der Waals surface area contributed by atoms with Crippen molar-refractivity contribution in [2.24, 2.45) is 16.6 Å². The van der Waals surface area contributed by atoms with Gasteiger partial charge in [-0.2, -0.15) is 0 Å². The average molecular weight is 209 g/mol. The van der Waals surface area contributed by atoms with E-state index in [1.54, 1.807) is 0 Å². The Balaban J connectivity index is 0. The maximum absolute atomic E-state index is 7.27. The molecule has 86 valence electrons. The second-order valence-corrected chi connectivity index (χ2v) is 3.69. The molecule has 0 unspecified atom stereocenters. The van der Waals surface area contributed by atoms with Crippen LogP contribution in [-0.4, -0.2) is 18.5 Å². The van der Waals surface area contributed by atoms with Crippen LogP contribution in [0.5, 0.6) is 0 Å². The van der Waals surface area contributed by atoms with Crippen molar-refractivity contribution in [1.29, 1.82) is 5.41 Å². The van der Waals surface area contributed by atoms with Gasteiger partial charge >= 0.3 is 0 Å². The highest BCUT2D eigenvalue weighted by atomic mass is 14.8. The molecule has 0 saturated carbocycles. The van der Waals surface area contributed by atoms with E-state index in [0.717, 1.165) is 5.57 Å². The van der Waals surface area contributed by atoms with Gasteiger partial charge in [0.2, 0.25) is 0 Å². The van der Waals surface area contributed by atoms with Gasteiger partial charge < -0.3 is 11.1 Å². The van der Waals surface area contributed by atoms with Crippen LogP contribution in [0.25, 0.3) is 0 Å². The maximum Gasteiger partial charge on any atom is 0.0982 e. The number of nitrogens with one attached hydrogen (secondary N) is 1. The van der Waals surface area contributed by atoms with Crippen LogP contribution < -0.4 is 5.73 Å². The van der Waals surface area contributed by atoms with Gasteiger partial charge in [0, 0.05) is 7.64 Å². The molecule has 0 aromatic rings. The SMILES string of the molecule is C/C=C\CN=C(C=N)/C(N)=C(\C)C(C)C.[HH]. The summed E-state index contributed by atoms with van der Waals surface area (Å²) >= 11 is 0. The van der Waals surface area contributed by atoms with Crippen molar-refractivity contribution < 1.29 is 1.43 Å². The van der Waals surface area contributed by atoms with Gasteiger partial charge in [-0.25, -0.2) is 0 Å². The third-order valence-corrected chi connectivity index (χ3v) is 2.31. The highest BCUT2D eigenvalue weighted by molar-refractivity contribution is 6.37. The maximum atomic E-state index is 7.27. The van der Waals surface area contributed by atoms with Crippen molar-refractivity contribution >= 4 is 11.9 Å². The summed E-state index contributed by atoms with van der Waals surface area (Å²) in [7, 11) is 0. The first-order chi connectivity index (χ1) is 7.04. The number of nitrogens with two attached hydrogens (primary N) is 1. The molecule has 0 aliphatic carbocycles. The Morgan fingerprint density at radius 1 is 1.53 bits per heavy atom. The highest BCUT2D eigenvalue weighted by Crippen LogP contribution is 2.11. The number of nitrogens with zero attached hydrogens (tertiary/aromatic N) is 1. The molecule has 0 aliphatic heterocycles. The van der Waals surface area contributed by atoms with Gasteiger partial charge in [-0.05, 0) is 25.3 Å². The van der Waals surface area contributed by atoms with Crippen LogP contribution in [0.3, 0.4) is 0 Å². The molecular weight excluding hydrogens is 186 g/mol. The zero-order valence-electron chi connectivity index (χ0n) is 10.0. The second-order valence-electron chi connectivity index (χ2n) is 3.69. The molecule has 0 spiro atoms. The van der Waals surface area contributed by atoms with Gasteiger partial charge in [0.15, 0.2) is 0 Å². The molecule has 3 nitrogen and oxygen atoms in total. The van der Waals surface area contributed by atoms with Crippen molar-refractivity contribution in [1.82, 2.24) is 0 Å². The number of aliphatic imine (C=N–C) groups is 1. The molecule has 0 aromatic carbocycles. The lowest BCUT2D eigenvalue weighted by atomic mass is 10.0. The van der Waals surface area contributed by atoms with Gasteiger partial charge in [0.1, 0.15) is 0 Å². The van der Waals surface area contributed by atoms with E-state index in [1.807, 2.05) is 26.0 Å². The Morgan fingerprint density at radius 3 is 2.53 bits per heavy atom. The van der Waals surface area contributed by atoms with E-state index < -0.39 is 0 Å². The van der Waals surface area contributed by atoms with Crippen LogP contribution in [0.4, 0.5) is 0 Å². The fraction of sp³-hybridized carbons (Fsp3) is 0.500. The minimum Gasteiger partial charge on any atom is -0.397 e. The summed E-state index contributed by atoms with van der Waals surface area (Å²) in [6.07, 6.45) is 5.08. The predicted octanol–water partition coefficient (Wildman–Crippen LogP) is 2.79. The normalized spacial score (nSPS) is 14.6. The summed E-state index contributed by atoms with van der Waals surface area (Å²) in [5.41, 5.74) is 8.21. The van der Waals surface area contributed by atoms with E-state index in [-0.39, 0.29) is 1.43 Å². The summed E-state index contributed by atoms with van der Waals surface area (Å²) in [4.78, 5) is 4.24. The van der Waals surface area contributed by atoms with E-state index in [1.165, 1.54) is 6.21 Å². The number of allylic oxidation sites excluding steroid dienone is 3. The fourth-order valence-corrected chi connectivity index (χ4v) is 0.978. The molecule has 0 atom stereocenters. The molecule has 0 heterocycles. The van der Waals surface area contributed by atoms with Crippen LogP contribution in [0.2, 0.25) is 0 Å². The Morgan fingerprint density at radius 2 is 2.13 bits per heavy atom. The van der Waals surface area contributed by atoms with Gasteiger partial charge in [-0.1, -0.05) is 26.0 Å². The standard InChI is InChI=1S/C12H21N3.H2/c1-5-6-7-15-11(8-13)12(14)10(4)9(2)3;/h5-6,8-9,13H,7,14H2,1-4H3;1H/b6-5-,12-10-,13-8?,15-11?;. The molecule has 0 fully saturated rings. The topological polar surface area (TPSA) is 62.2 Å². The minimum atomic E-state index is 0. The van der Waals surface area contributed by atoms with E-state index in [2.05, 4.69) is 18.8 Å². The van der Waals surface area contributed by atoms with Crippen LogP contribution >= 0.6 is 0 Å². The monoisotopic (exact) mass is 209 g/mol. The zero-order chi connectivity index (χ0) is 11.8. The third-order valence-electron chi connectivity index (χ3n) is 2.31. The second kappa shape index (κ2) is 6.98. The summed E-state index contributed by atoms with van der Waals surface area (Å²) in [6.45, 7) is 8.66. The van der Waals surface area contributed by atoms with Crippen molar-refractivity contribution in [3.05, 3.63) is 23.4 Å². The van der Waals surface area contributed by atoms with Crippen LogP contribution in [0.15, 0.2) is 28.4 Å². The molecule has 3 heteroatoms. The lowest BCUT2D eigenvalue weighted by Gasteiger charge is -2.10. The number of hydrogen-bond donors (Lipinski definition) is 2. The van der Waals surface area contributed by atoms with Crippen molar-refractivity contribution in [2.45, 2.75) is 27.7 Å². The van der Waals surface area contributed by atoms with Gasteiger partial charge in [-0.3, -0.25) is 4.99 Å². The summed E-state index contributed by atoms with van der Waals surface area (Å²) < 4.78 is 0. The van der Waals surface area contributed by atoms with Crippen molar-refractivity contribution in [2.75, 3.05) is 6.54 Å². The molecule has 0 rings (SSSR count). The third kappa shape index (κ3) is 4.58. The van der Waals surface area contributed by atoms with Crippen LogP contribution in [-0.2, 0) is 0 Å². The fourth-order valence-electron chi connectivity index (χ4n) is 0.978. The van der Waals surface area contributed by atoms with E-state index in [9.17, 15) is 0 Å². The Labute approximate surface area is 93.8 Å². The smallest absolute Gasteiger partial charge is 0.0982 e. The van der Waals surface area contributed by atoms with Gasteiger partial charge in [-0.15, -0.1) is 0 Å². The average Bonchev–Trinajstić information content (AvgIpc) is 2.22. The molecule has 0 aromatic heterocycles. The van der Waals surface area contributed by atoms with Crippen molar-refractivity contribution in [3.8, 4) is 0 Å². The summed E-state index contributed by atoms with van der Waals surface area (Å²) in [5, 5.41) is 7.27. The van der Waals surface area contributed by atoms with E-state index in [0.29, 0.717) is 23.9 Å². The van der Waals surface area contributed by atoms with Crippen molar-refractivity contribution in [3.63, 3.8) is 0 Å². The van der Waals surface area contributed by atoms with Crippen LogP contribution in [0, 0.1) is 11.3 Å². The lowest BCUT2D eigenvalue weighted by molar-refractivity contribution is 0.761. The molecule has 0 aliphatic rings. The summed E-state index contributed by atoms with van der Waals surface area (Å²) in [6, 6.07) is 0. The largest absolute Gasteiger partial charge is 0.397 e. The van der Waals surface area contributed by atoms with E-state index >= 15 is 0 Å². The Hall–Kier alpha value is -1.38. The molecule has 0 bridgehead atoms. The van der Waals surface area contributed by atoms with Crippen LogP contribution in [0.1, 0.15) is 29.1 Å². The summed E-state index contributed by atoms with van der Waals surface area (Å²) in [5.74, 6) is 0.386. The Bertz CT molecular complexity index is 301. The lowest BCUT2D eigenvalue weighted by Crippen LogP contribution is -2.17. The number of rotatable bonds is 5. The molecule has 0 amide bonds. The Kier molecular flexibility index (Phi) is 6.34. The van der Waals surface area contributed by atoms with E-state index in [4.69, 9.17) is 11.1 Å². The van der Waals surface area contributed by atoms with Gasteiger partial charge in [0.25, 0.3) is 0 Å². The predicted molar refractivity (Wildman–Crippen MR) is 69.7 cm³/mol. The zero-order valence-corrected chi connectivity index (χ0v) is 10.0. The molecule has 15 heavy (non-hydrogen) atoms. The van der Waals surface area contributed by atoms with Gasteiger partial charge in [0.05, 0.1) is 18.0 Å². The molecule has 3 N–H and O–H groups in total. The quantitative estimate of drug-likeness (QED) is 0.531. The molecular formula is C12H23N3.